The summed E-state index contributed by atoms with van der Waals surface area (Å²) in [7, 11) is 0. The third-order valence-electron chi connectivity index (χ3n) is 4.24. The van der Waals surface area contributed by atoms with Crippen LogP contribution in [0.15, 0.2) is 24.3 Å². The van der Waals surface area contributed by atoms with Crippen LogP contribution in [0.3, 0.4) is 0 Å². The highest BCUT2D eigenvalue weighted by molar-refractivity contribution is 5.94. The van der Waals surface area contributed by atoms with Gasteiger partial charge in [0.1, 0.15) is 5.75 Å². The second kappa shape index (κ2) is 5.79. The topological polar surface area (TPSA) is 60.8 Å². The number of aliphatic hydroxyl groups is 1. The van der Waals surface area contributed by atoms with Gasteiger partial charge in [0.05, 0.1) is 0 Å². The summed E-state index contributed by atoms with van der Waals surface area (Å²) in [6.45, 7) is 1.07. The Balaban J connectivity index is 2.02. The highest BCUT2D eigenvalue weighted by atomic mass is 19.4. The summed E-state index contributed by atoms with van der Waals surface area (Å²) in [5.74, 6) is -1.30. The molecule has 7 heteroatoms. The number of alkyl halides is 3. The fraction of sp³-hybridized carbons (Fsp3) is 0.533. The molecule has 1 unspecified atom stereocenters. The van der Waals surface area contributed by atoms with Gasteiger partial charge in [-0.2, -0.15) is 13.2 Å². The van der Waals surface area contributed by atoms with Crippen LogP contribution in [-0.4, -0.2) is 45.9 Å². The maximum absolute atomic E-state index is 12.8. The minimum absolute atomic E-state index is 0.0410. The van der Waals surface area contributed by atoms with Gasteiger partial charge in [-0.15, -0.1) is 0 Å². The number of rotatable bonds is 2. The average molecular weight is 317 g/mol. The highest BCUT2D eigenvalue weighted by Crippen LogP contribution is 2.40. The van der Waals surface area contributed by atoms with Gasteiger partial charge >= 0.3 is 6.18 Å². The second-order valence-electron chi connectivity index (χ2n) is 5.76. The fourth-order valence-electron chi connectivity index (χ4n) is 2.70. The number of piperidine rings is 1. The molecule has 122 valence electrons. The molecular formula is C15H18F3NO3. The Labute approximate surface area is 126 Å². The van der Waals surface area contributed by atoms with Gasteiger partial charge in [-0.3, -0.25) is 4.79 Å². The van der Waals surface area contributed by atoms with Gasteiger partial charge in [0.15, 0.2) is 5.60 Å². The van der Waals surface area contributed by atoms with E-state index in [1.807, 2.05) is 0 Å². The number of amides is 1. The molecule has 1 aliphatic rings. The molecule has 0 spiro atoms. The van der Waals surface area contributed by atoms with Crippen LogP contribution >= 0.6 is 0 Å². The Morgan fingerprint density at radius 2 is 1.86 bits per heavy atom. The number of likely N-dealkylation sites (tertiary alicyclic amines) is 1. The molecule has 1 aliphatic heterocycles. The zero-order valence-corrected chi connectivity index (χ0v) is 12.1. The lowest BCUT2D eigenvalue weighted by atomic mass is 9.81. The number of carbonyl (C=O) groups excluding carboxylic acids is 1. The standard InChI is InChI=1S/C15H18F3NO3/c1-14(22,15(16,17)18)11-5-7-19(8-6-11)13(21)10-3-2-4-12(20)9-10/h2-4,9,11,20,22H,5-8H2,1H3. The molecule has 22 heavy (non-hydrogen) atoms. The van der Waals surface area contributed by atoms with Crippen LogP contribution in [0, 0.1) is 5.92 Å². The summed E-state index contributed by atoms with van der Waals surface area (Å²) in [5.41, 5.74) is -2.45. The number of hydrogen-bond acceptors (Lipinski definition) is 3. The molecule has 0 radical (unpaired) electrons. The van der Waals surface area contributed by atoms with Gasteiger partial charge in [-0.1, -0.05) is 6.07 Å². The number of hydrogen-bond donors (Lipinski definition) is 2. The van der Waals surface area contributed by atoms with E-state index in [4.69, 9.17) is 0 Å². The lowest BCUT2D eigenvalue weighted by molar-refractivity contribution is -0.275. The number of phenolic OH excluding ortho intramolecular Hbond substituents is 1. The Morgan fingerprint density at radius 3 is 2.36 bits per heavy atom. The Kier molecular flexibility index (Phi) is 4.37. The van der Waals surface area contributed by atoms with Gasteiger partial charge in [-0.25, -0.2) is 0 Å². The van der Waals surface area contributed by atoms with E-state index in [1.54, 1.807) is 6.07 Å². The monoisotopic (exact) mass is 317 g/mol. The van der Waals surface area contributed by atoms with Crippen LogP contribution in [0.1, 0.15) is 30.1 Å². The van der Waals surface area contributed by atoms with Crippen LogP contribution in [0.4, 0.5) is 13.2 Å². The van der Waals surface area contributed by atoms with Crippen molar-refractivity contribution in [1.29, 1.82) is 0 Å². The smallest absolute Gasteiger partial charge is 0.417 e. The van der Waals surface area contributed by atoms with E-state index in [2.05, 4.69) is 0 Å². The molecule has 2 N–H and O–H groups in total. The zero-order chi connectivity index (χ0) is 16.5. The van der Waals surface area contributed by atoms with Crippen molar-refractivity contribution in [3.05, 3.63) is 29.8 Å². The average Bonchev–Trinajstić information content (AvgIpc) is 2.45. The van der Waals surface area contributed by atoms with Crippen molar-refractivity contribution < 1.29 is 28.2 Å². The minimum atomic E-state index is -4.69. The number of benzene rings is 1. The molecule has 1 saturated heterocycles. The molecule has 2 rings (SSSR count). The molecule has 0 bridgehead atoms. The number of phenols is 1. The van der Waals surface area contributed by atoms with Crippen molar-refractivity contribution in [1.82, 2.24) is 4.90 Å². The van der Waals surface area contributed by atoms with Gasteiger partial charge < -0.3 is 15.1 Å². The van der Waals surface area contributed by atoms with Crippen LogP contribution in [0.5, 0.6) is 5.75 Å². The van der Waals surface area contributed by atoms with Gasteiger partial charge in [0, 0.05) is 18.7 Å². The molecule has 0 aliphatic carbocycles. The SMILES string of the molecule is CC(O)(C1CCN(C(=O)c2cccc(O)c2)CC1)C(F)(F)F. The molecule has 1 heterocycles. The lowest BCUT2D eigenvalue weighted by Crippen LogP contribution is -2.53. The van der Waals surface area contributed by atoms with Crippen LogP contribution in [0.2, 0.25) is 0 Å². The number of carbonyl (C=O) groups is 1. The maximum atomic E-state index is 12.8. The Bertz CT molecular complexity index is 549. The predicted octanol–water partition coefficient (Wildman–Crippen LogP) is 2.56. The number of halogens is 3. The second-order valence-corrected chi connectivity index (χ2v) is 5.76. The third-order valence-corrected chi connectivity index (χ3v) is 4.24. The summed E-state index contributed by atoms with van der Waals surface area (Å²) in [6.07, 6.45) is -4.52. The fourth-order valence-corrected chi connectivity index (χ4v) is 2.70. The molecule has 0 saturated carbocycles. The van der Waals surface area contributed by atoms with Crippen molar-refractivity contribution in [3.8, 4) is 5.75 Å². The van der Waals surface area contributed by atoms with Crippen molar-refractivity contribution in [2.75, 3.05) is 13.1 Å². The lowest BCUT2D eigenvalue weighted by Gasteiger charge is -2.40. The van der Waals surface area contributed by atoms with E-state index >= 15 is 0 Å². The molecule has 1 amide bonds. The Morgan fingerprint density at radius 1 is 1.27 bits per heavy atom. The molecule has 1 atom stereocenters. The van der Waals surface area contributed by atoms with Crippen molar-refractivity contribution in [3.63, 3.8) is 0 Å². The third kappa shape index (κ3) is 3.19. The van der Waals surface area contributed by atoms with Gasteiger partial charge in [-0.05, 0) is 43.9 Å². The summed E-state index contributed by atoms with van der Waals surface area (Å²) in [6, 6.07) is 5.83. The molecule has 1 aromatic rings. The summed E-state index contributed by atoms with van der Waals surface area (Å²) in [5, 5.41) is 19.1. The largest absolute Gasteiger partial charge is 0.508 e. The van der Waals surface area contributed by atoms with Crippen molar-refractivity contribution in [2.45, 2.75) is 31.5 Å². The molecule has 1 aromatic carbocycles. The predicted molar refractivity (Wildman–Crippen MR) is 73.4 cm³/mol. The van der Waals surface area contributed by atoms with Crippen molar-refractivity contribution in [2.24, 2.45) is 5.92 Å². The molecule has 1 fully saturated rings. The first-order chi connectivity index (χ1) is 10.1. The van der Waals surface area contributed by atoms with Crippen LogP contribution in [-0.2, 0) is 0 Å². The van der Waals surface area contributed by atoms with E-state index in [1.165, 1.54) is 23.1 Å². The van der Waals surface area contributed by atoms with E-state index in [0.717, 1.165) is 6.92 Å². The summed E-state index contributed by atoms with van der Waals surface area (Å²) in [4.78, 5) is 13.7. The summed E-state index contributed by atoms with van der Waals surface area (Å²) >= 11 is 0. The normalized spacial score (nSPS) is 19.8. The Hall–Kier alpha value is -1.76. The zero-order valence-electron chi connectivity index (χ0n) is 12.1. The highest BCUT2D eigenvalue weighted by Gasteiger charge is 2.55. The van der Waals surface area contributed by atoms with E-state index in [9.17, 15) is 28.2 Å². The summed E-state index contributed by atoms with van der Waals surface area (Å²) < 4.78 is 38.5. The van der Waals surface area contributed by atoms with Gasteiger partial charge in [0.2, 0.25) is 0 Å². The maximum Gasteiger partial charge on any atom is 0.417 e. The first-order valence-electron chi connectivity index (χ1n) is 7.00. The van der Waals surface area contributed by atoms with E-state index < -0.39 is 17.7 Å². The first-order valence-corrected chi connectivity index (χ1v) is 7.00. The molecule has 4 nitrogen and oxygen atoms in total. The molecular weight excluding hydrogens is 299 g/mol. The minimum Gasteiger partial charge on any atom is -0.508 e. The quantitative estimate of drug-likeness (QED) is 0.881. The van der Waals surface area contributed by atoms with Gasteiger partial charge in [0.25, 0.3) is 5.91 Å². The van der Waals surface area contributed by atoms with Crippen LogP contribution < -0.4 is 0 Å². The first kappa shape index (κ1) is 16.6. The van der Waals surface area contributed by atoms with Crippen LogP contribution in [0.25, 0.3) is 0 Å². The van der Waals surface area contributed by atoms with E-state index in [-0.39, 0.29) is 37.6 Å². The number of aromatic hydroxyl groups is 1. The number of nitrogens with zero attached hydrogens (tertiary/aromatic N) is 1. The molecule has 0 aromatic heterocycles. The van der Waals surface area contributed by atoms with Crippen molar-refractivity contribution >= 4 is 5.91 Å². The van der Waals surface area contributed by atoms with E-state index in [0.29, 0.717) is 5.56 Å².